The van der Waals surface area contributed by atoms with Crippen LogP contribution in [0.3, 0.4) is 0 Å². The molecule has 4 aromatic heterocycles. The van der Waals surface area contributed by atoms with Crippen molar-refractivity contribution in [1.29, 1.82) is 0 Å². The molecule has 0 N–H and O–H groups in total. The molecule has 1 amide bonds. The van der Waals surface area contributed by atoms with Gasteiger partial charge in [0.25, 0.3) is 0 Å². The Hall–Kier alpha value is -2.36. The SMILES string of the molecule is O=C(CSc1nnc(C2CC2)n1Cc1ccco1)N1CCc2sccc2C1c1cccs1. The van der Waals surface area contributed by atoms with Gasteiger partial charge in [-0.3, -0.25) is 9.36 Å². The number of hydrogen-bond donors (Lipinski definition) is 0. The molecule has 6 rings (SSSR count). The van der Waals surface area contributed by atoms with Crippen molar-refractivity contribution in [3.8, 4) is 0 Å². The molecule has 1 aliphatic heterocycles. The Balaban J connectivity index is 1.22. The highest BCUT2D eigenvalue weighted by molar-refractivity contribution is 7.99. The fourth-order valence-electron chi connectivity index (χ4n) is 4.31. The van der Waals surface area contributed by atoms with Gasteiger partial charge in [-0.05, 0) is 59.9 Å². The highest BCUT2D eigenvalue weighted by Gasteiger charge is 2.34. The van der Waals surface area contributed by atoms with Gasteiger partial charge in [0, 0.05) is 22.2 Å². The van der Waals surface area contributed by atoms with E-state index < -0.39 is 0 Å². The summed E-state index contributed by atoms with van der Waals surface area (Å²) in [7, 11) is 0. The van der Waals surface area contributed by atoms with E-state index in [4.69, 9.17) is 4.42 Å². The number of nitrogens with zero attached hydrogens (tertiary/aromatic N) is 4. The standard InChI is InChI=1S/C23H22N4O2S3/c28-20(26-9-7-18-17(8-12-31-18)21(26)19-4-2-11-30-19)14-32-23-25-24-22(15-5-6-15)27(23)13-16-3-1-10-29-16/h1-4,8,10-12,15,21H,5-7,9,13-14H2. The van der Waals surface area contributed by atoms with Crippen molar-refractivity contribution in [1.82, 2.24) is 19.7 Å². The molecule has 1 aliphatic carbocycles. The summed E-state index contributed by atoms with van der Waals surface area (Å²) in [6, 6.07) is 10.3. The van der Waals surface area contributed by atoms with Crippen LogP contribution in [0.5, 0.6) is 0 Å². The Bertz CT molecular complexity index is 1210. The summed E-state index contributed by atoms with van der Waals surface area (Å²) < 4.78 is 7.68. The number of hydrogen-bond acceptors (Lipinski definition) is 7. The molecule has 164 valence electrons. The Morgan fingerprint density at radius 3 is 2.88 bits per heavy atom. The summed E-state index contributed by atoms with van der Waals surface area (Å²) in [6.45, 7) is 1.35. The number of thioether (sulfide) groups is 1. The summed E-state index contributed by atoms with van der Waals surface area (Å²) in [6.07, 6.45) is 4.91. The Morgan fingerprint density at radius 1 is 1.16 bits per heavy atom. The maximum atomic E-state index is 13.4. The van der Waals surface area contributed by atoms with Crippen LogP contribution in [0.25, 0.3) is 0 Å². The lowest BCUT2D eigenvalue weighted by Crippen LogP contribution is -2.40. The third-order valence-electron chi connectivity index (χ3n) is 6.01. The van der Waals surface area contributed by atoms with Gasteiger partial charge in [-0.2, -0.15) is 0 Å². The third kappa shape index (κ3) is 3.82. The maximum absolute atomic E-state index is 13.4. The van der Waals surface area contributed by atoms with E-state index in [2.05, 4.69) is 43.7 Å². The molecule has 0 radical (unpaired) electrons. The minimum atomic E-state index is 0.0149. The van der Waals surface area contributed by atoms with Crippen molar-refractivity contribution in [2.24, 2.45) is 0 Å². The molecule has 1 unspecified atom stereocenters. The molecule has 9 heteroatoms. The third-order valence-corrected chi connectivity index (χ3v) is 8.88. The minimum Gasteiger partial charge on any atom is -0.467 e. The topological polar surface area (TPSA) is 64.2 Å². The molecule has 32 heavy (non-hydrogen) atoms. The fourth-order valence-corrected chi connectivity index (χ4v) is 6.89. The van der Waals surface area contributed by atoms with Crippen LogP contribution in [0, 0.1) is 0 Å². The van der Waals surface area contributed by atoms with Gasteiger partial charge in [0.2, 0.25) is 5.91 Å². The molecule has 0 bridgehead atoms. The molecule has 6 nitrogen and oxygen atoms in total. The lowest BCUT2D eigenvalue weighted by atomic mass is 9.98. The Labute approximate surface area is 198 Å². The first-order valence-electron chi connectivity index (χ1n) is 10.8. The highest BCUT2D eigenvalue weighted by atomic mass is 32.2. The molecular weight excluding hydrogens is 460 g/mol. The van der Waals surface area contributed by atoms with Gasteiger partial charge >= 0.3 is 0 Å². The lowest BCUT2D eigenvalue weighted by Gasteiger charge is -2.35. The van der Waals surface area contributed by atoms with Crippen LogP contribution in [0.2, 0.25) is 0 Å². The normalized spacial score (nSPS) is 18.1. The van der Waals surface area contributed by atoms with Crippen molar-refractivity contribution in [3.05, 3.63) is 74.3 Å². The second kappa shape index (κ2) is 8.53. The van der Waals surface area contributed by atoms with E-state index in [9.17, 15) is 4.79 Å². The second-order valence-corrected chi connectivity index (χ2v) is 11.0. The number of amides is 1. The van der Waals surface area contributed by atoms with Gasteiger partial charge in [-0.25, -0.2) is 0 Å². The second-order valence-electron chi connectivity index (χ2n) is 8.12. The van der Waals surface area contributed by atoms with Crippen molar-refractivity contribution < 1.29 is 9.21 Å². The zero-order valence-electron chi connectivity index (χ0n) is 17.3. The van der Waals surface area contributed by atoms with Crippen molar-refractivity contribution in [2.45, 2.75) is 42.9 Å². The number of thiophene rings is 2. The summed E-state index contributed by atoms with van der Waals surface area (Å²) >= 11 is 5.00. The van der Waals surface area contributed by atoms with E-state index >= 15 is 0 Å². The Kier molecular flexibility index (Phi) is 5.40. The summed E-state index contributed by atoms with van der Waals surface area (Å²) in [5.74, 6) is 2.85. The number of carbonyl (C=O) groups is 1. The van der Waals surface area contributed by atoms with Crippen molar-refractivity contribution in [3.63, 3.8) is 0 Å². The van der Waals surface area contributed by atoms with Crippen molar-refractivity contribution in [2.75, 3.05) is 12.3 Å². The van der Waals surface area contributed by atoms with Crippen LogP contribution in [0.4, 0.5) is 0 Å². The van der Waals surface area contributed by atoms with Crippen LogP contribution >= 0.6 is 34.4 Å². The van der Waals surface area contributed by atoms with Gasteiger partial charge in [-0.15, -0.1) is 32.9 Å². The van der Waals surface area contributed by atoms with E-state index in [-0.39, 0.29) is 11.9 Å². The van der Waals surface area contributed by atoms with Crippen LogP contribution in [-0.2, 0) is 17.8 Å². The summed E-state index contributed by atoms with van der Waals surface area (Å²) in [5.41, 5.74) is 1.28. The lowest BCUT2D eigenvalue weighted by molar-refractivity contribution is -0.130. The number of furan rings is 1. The van der Waals surface area contributed by atoms with Gasteiger partial charge in [0.05, 0.1) is 24.6 Å². The first-order valence-corrected chi connectivity index (χ1v) is 13.5. The molecule has 4 aromatic rings. The molecule has 2 aliphatic rings. The quantitative estimate of drug-likeness (QED) is 0.339. The van der Waals surface area contributed by atoms with E-state index in [0.29, 0.717) is 18.2 Å². The van der Waals surface area contributed by atoms with E-state index in [1.54, 1.807) is 28.9 Å². The zero-order valence-corrected chi connectivity index (χ0v) is 19.8. The van der Waals surface area contributed by atoms with Crippen LogP contribution < -0.4 is 0 Å². The molecule has 0 spiro atoms. The number of aromatic nitrogens is 3. The fraction of sp³-hybridized carbons (Fsp3) is 0.348. The van der Waals surface area contributed by atoms with E-state index in [1.165, 1.54) is 27.1 Å². The first kappa shape index (κ1) is 20.3. The van der Waals surface area contributed by atoms with E-state index in [1.807, 2.05) is 17.0 Å². The Morgan fingerprint density at radius 2 is 2.09 bits per heavy atom. The summed E-state index contributed by atoms with van der Waals surface area (Å²) in [5, 5.41) is 13.9. The molecular formula is C23H22N4O2S3. The first-order chi connectivity index (χ1) is 15.8. The predicted molar refractivity (Wildman–Crippen MR) is 126 cm³/mol. The average Bonchev–Trinajstić information content (AvgIpc) is 3.30. The smallest absolute Gasteiger partial charge is 0.233 e. The number of fused-ring (bicyclic) bond motifs is 1. The molecule has 1 saturated carbocycles. The number of carbonyl (C=O) groups excluding carboxylic acids is 1. The highest BCUT2D eigenvalue weighted by Crippen LogP contribution is 2.41. The summed E-state index contributed by atoms with van der Waals surface area (Å²) in [4.78, 5) is 18.1. The average molecular weight is 483 g/mol. The van der Waals surface area contributed by atoms with Crippen LogP contribution in [0.1, 0.15) is 51.7 Å². The van der Waals surface area contributed by atoms with Gasteiger partial charge in [0.1, 0.15) is 11.6 Å². The van der Waals surface area contributed by atoms with Gasteiger partial charge < -0.3 is 9.32 Å². The monoisotopic (exact) mass is 482 g/mol. The minimum absolute atomic E-state index is 0.0149. The maximum Gasteiger partial charge on any atom is 0.233 e. The van der Waals surface area contributed by atoms with E-state index in [0.717, 1.165) is 42.5 Å². The number of rotatable bonds is 7. The van der Waals surface area contributed by atoms with Gasteiger partial charge in [-0.1, -0.05) is 17.8 Å². The molecule has 5 heterocycles. The predicted octanol–water partition coefficient (Wildman–Crippen LogP) is 5.19. The van der Waals surface area contributed by atoms with Crippen molar-refractivity contribution >= 4 is 40.3 Å². The molecule has 0 saturated heterocycles. The van der Waals surface area contributed by atoms with Crippen LogP contribution in [0.15, 0.2) is 56.9 Å². The van der Waals surface area contributed by atoms with Crippen LogP contribution in [-0.4, -0.2) is 37.9 Å². The zero-order chi connectivity index (χ0) is 21.5. The molecule has 1 fully saturated rings. The largest absolute Gasteiger partial charge is 0.467 e. The van der Waals surface area contributed by atoms with Gasteiger partial charge in [0.15, 0.2) is 5.16 Å². The molecule has 1 atom stereocenters. The molecule has 0 aromatic carbocycles.